The number of aryl methyl sites for hydroxylation is 1. The van der Waals surface area contributed by atoms with Gasteiger partial charge >= 0.3 is 0 Å². The number of hydrogen-bond donors (Lipinski definition) is 1. The fourth-order valence-corrected chi connectivity index (χ4v) is 0.756. The van der Waals surface area contributed by atoms with Gasteiger partial charge in [-0.1, -0.05) is 0 Å². The van der Waals surface area contributed by atoms with Gasteiger partial charge in [-0.15, -0.1) is 17.4 Å². The molecule has 0 saturated heterocycles. The minimum absolute atomic E-state index is 0.704. The maximum atomic E-state index is 5.09. The van der Waals surface area contributed by atoms with Crippen LogP contribution < -0.4 is 5.32 Å². The van der Waals surface area contributed by atoms with Crippen LogP contribution in [0.1, 0.15) is 12.1 Å². The average molecular weight is 161 g/mol. The Morgan fingerprint density at radius 2 is 2.33 bits per heavy atom. The molecule has 0 fully saturated rings. The first-order valence-electron chi connectivity index (χ1n) is 3.80. The minimum atomic E-state index is 0.704. The summed E-state index contributed by atoms with van der Waals surface area (Å²) in [5.74, 6) is 3.31. The van der Waals surface area contributed by atoms with Crippen molar-refractivity contribution in [3.8, 4) is 12.3 Å². The number of nitrogens with one attached hydrogen (secondary N) is 1. The van der Waals surface area contributed by atoms with E-state index in [0.717, 1.165) is 18.1 Å². The molecular formula is C9H11N3. The Balaban J connectivity index is 2.43. The van der Waals surface area contributed by atoms with E-state index in [9.17, 15) is 0 Å². The van der Waals surface area contributed by atoms with Crippen molar-refractivity contribution in [1.82, 2.24) is 10.2 Å². The van der Waals surface area contributed by atoms with Gasteiger partial charge in [-0.25, -0.2) is 0 Å². The zero-order valence-electron chi connectivity index (χ0n) is 7.04. The van der Waals surface area contributed by atoms with Gasteiger partial charge in [0.25, 0.3) is 0 Å². The van der Waals surface area contributed by atoms with E-state index in [1.807, 2.05) is 19.1 Å². The molecule has 0 unspecified atom stereocenters. The first-order valence-corrected chi connectivity index (χ1v) is 3.80. The van der Waals surface area contributed by atoms with Gasteiger partial charge in [0.2, 0.25) is 0 Å². The zero-order chi connectivity index (χ0) is 8.81. The van der Waals surface area contributed by atoms with E-state index < -0.39 is 0 Å². The number of aromatic nitrogens is 2. The van der Waals surface area contributed by atoms with E-state index in [1.54, 1.807) is 0 Å². The van der Waals surface area contributed by atoms with Gasteiger partial charge < -0.3 is 5.32 Å². The van der Waals surface area contributed by atoms with E-state index >= 15 is 0 Å². The Labute approximate surface area is 72.2 Å². The first kappa shape index (κ1) is 8.54. The fourth-order valence-electron chi connectivity index (χ4n) is 0.756. The van der Waals surface area contributed by atoms with Gasteiger partial charge in [-0.05, 0) is 19.1 Å². The molecule has 0 bridgehead atoms. The Hall–Kier alpha value is -1.56. The van der Waals surface area contributed by atoms with E-state index in [2.05, 4.69) is 21.4 Å². The molecule has 1 N–H and O–H groups in total. The second-order valence-corrected chi connectivity index (χ2v) is 2.44. The molecule has 0 aliphatic carbocycles. The Kier molecular flexibility index (Phi) is 3.09. The normalized spacial score (nSPS) is 9.00. The summed E-state index contributed by atoms with van der Waals surface area (Å²) in [6.07, 6.45) is 5.79. The Morgan fingerprint density at radius 1 is 1.50 bits per heavy atom. The maximum Gasteiger partial charge on any atom is 0.148 e. The summed E-state index contributed by atoms with van der Waals surface area (Å²) in [4.78, 5) is 0. The van der Waals surface area contributed by atoms with E-state index in [0.29, 0.717) is 6.42 Å². The Morgan fingerprint density at radius 3 is 2.92 bits per heavy atom. The Bertz CT molecular complexity index is 271. The summed E-state index contributed by atoms with van der Waals surface area (Å²) in [7, 11) is 0. The van der Waals surface area contributed by atoms with Gasteiger partial charge in [-0.3, -0.25) is 0 Å². The molecular weight excluding hydrogens is 150 g/mol. The van der Waals surface area contributed by atoms with Crippen molar-refractivity contribution in [3.63, 3.8) is 0 Å². The lowest BCUT2D eigenvalue weighted by Crippen LogP contribution is -2.03. The number of anilines is 1. The molecule has 0 atom stereocenters. The predicted molar refractivity (Wildman–Crippen MR) is 48.7 cm³/mol. The summed E-state index contributed by atoms with van der Waals surface area (Å²) in [6.45, 7) is 2.65. The van der Waals surface area contributed by atoms with E-state index in [1.165, 1.54) is 0 Å². The van der Waals surface area contributed by atoms with Gasteiger partial charge in [-0.2, -0.15) is 5.10 Å². The van der Waals surface area contributed by atoms with Crippen LogP contribution in [0.2, 0.25) is 0 Å². The molecule has 0 radical (unpaired) electrons. The quantitative estimate of drug-likeness (QED) is 0.535. The third-order valence-corrected chi connectivity index (χ3v) is 1.37. The SMILES string of the molecule is C#CCCNc1ccc(C)nn1. The van der Waals surface area contributed by atoms with Crippen molar-refractivity contribution < 1.29 is 0 Å². The lowest BCUT2D eigenvalue weighted by Gasteiger charge is -2.00. The lowest BCUT2D eigenvalue weighted by atomic mass is 10.4. The second kappa shape index (κ2) is 4.35. The molecule has 62 valence electrons. The fraction of sp³-hybridized carbons (Fsp3) is 0.333. The highest BCUT2D eigenvalue weighted by Crippen LogP contribution is 1.99. The molecule has 3 nitrogen and oxygen atoms in total. The smallest absolute Gasteiger partial charge is 0.148 e. The summed E-state index contributed by atoms with van der Waals surface area (Å²) >= 11 is 0. The monoisotopic (exact) mass is 161 g/mol. The summed E-state index contributed by atoms with van der Waals surface area (Å²) in [6, 6.07) is 3.80. The van der Waals surface area contributed by atoms with Crippen molar-refractivity contribution in [2.24, 2.45) is 0 Å². The zero-order valence-corrected chi connectivity index (χ0v) is 7.04. The number of hydrogen-bond acceptors (Lipinski definition) is 3. The van der Waals surface area contributed by atoms with Crippen molar-refractivity contribution in [3.05, 3.63) is 17.8 Å². The van der Waals surface area contributed by atoms with E-state index in [4.69, 9.17) is 6.42 Å². The lowest BCUT2D eigenvalue weighted by molar-refractivity contribution is 0.960. The molecule has 12 heavy (non-hydrogen) atoms. The van der Waals surface area contributed by atoms with Crippen LogP contribution in [0.25, 0.3) is 0 Å². The van der Waals surface area contributed by atoms with Gasteiger partial charge in [0, 0.05) is 13.0 Å². The van der Waals surface area contributed by atoms with Crippen molar-refractivity contribution >= 4 is 5.82 Å². The number of nitrogens with zero attached hydrogens (tertiary/aromatic N) is 2. The molecule has 0 saturated carbocycles. The van der Waals surface area contributed by atoms with Gasteiger partial charge in [0.05, 0.1) is 5.69 Å². The van der Waals surface area contributed by atoms with E-state index in [-0.39, 0.29) is 0 Å². The number of terminal acetylenes is 1. The molecule has 1 aromatic heterocycles. The highest BCUT2D eigenvalue weighted by atomic mass is 15.2. The third kappa shape index (κ3) is 2.59. The maximum absolute atomic E-state index is 5.09. The van der Waals surface area contributed by atoms with Crippen LogP contribution in [-0.2, 0) is 0 Å². The van der Waals surface area contributed by atoms with Gasteiger partial charge in [0.15, 0.2) is 0 Å². The molecule has 0 aliphatic rings. The number of rotatable bonds is 3. The molecule has 1 heterocycles. The van der Waals surface area contributed by atoms with Crippen molar-refractivity contribution in [2.45, 2.75) is 13.3 Å². The van der Waals surface area contributed by atoms with Crippen LogP contribution in [0, 0.1) is 19.3 Å². The molecule has 1 rings (SSSR count). The highest BCUT2D eigenvalue weighted by Gasteiger charge is 1.91. The molecule has 0 amide bonds. The molecule has 0 aliphatic heterocycles. The van der Waals surface area contributed by atoms with Crippen LogP contribution in [0.15, 0.2) is 12.1 Å². The summed E-state index contributed by atoms with van der Waals surface area (Å²) in [5.41, 5.74) is 0.914. The average Bonchev–Trinajstić information content (AvgIpc) is 2.09. The van der Waals surface area contributed by atoms with Crippen LogP contribution in [0.3, 0.4) is 0 Å². The van der Waals surface area contributed by atoms with Gasteiger partial charge in [0.1, 0.15) is 5.82 Å². The third-order valence-electron chi connectivity index (χ3n) is 1.37. The first-order chi connectivity index (χ1) is 5.83. The van der Waals surface area contributed by atoms with Crippen molar-refractivity contribution in [2.75, 3.05) is 11.9 Å². The predicted octanol–water partition coefficient (Wildman–Crippen LogP) is 1.22. The van der Waals surface area contributed by atoms with Crippen LogP contribution in [-0.4, -0.2) is 16.7 Å². The molecule has 0 spiro atoms. The molecule has 0 aromatic carbocycles. The van der Waals surface area contributed by atoms with Crippen molar-refractivity contribution in [1.29, 1.82) is 0 Å². The topological polar surface area (TPSA) is 37.8 Å². The molecule has 1 aromatic rings. The standard InChI is InChI=1S/C9H11N3/c1-3-4-7-10-9-6-5-8(2)11-12-9/h1,5-6H,4,7H2,2H3,(H,10,12). The van der Waals surface area contributed by atoms with Crippen LogP contribution in [0.4, 0.5) is 5.82 Å². The summed E-state index contributed by atoms with van der Waals surface area (Å²) in [5, 5.41) is 10.9. The van der Waals surface area contributed by atoms with Crippen LogP contribution in [0.5, 0.6) is 0 Å². The van der Waals surface area contributed by atoms with Crippen LogP contribution >= 0.6 is 0 Å². The molecule has 3 heteroatoms. The summed E-state index contributed by atoms with van der Waals surface area (Å²) < 4.78 is 0. The largest absolute Gasteiger partial charge is 0.368 e. The second-order valence-electron chi connectivity index (χ2n) is 2.44. The highest BCUT2D eigenvalue weighted by molar-refractivity contribution is 5.32. The minimum Gasteiger partial charge on any atom is -0.368 e.